The van der Waals surface area contributed by atoms with Gasteiger partial charge in [0.15, 0.2) is 0 Å². The van der Waals surface area contributed by atoms with Crippen molar-refractivity contribution in [3.8, 4) is 0 Å². The lowest BCUT2D eigenvalue weighted by Crippen LogP contribution is -2.41. The molecule has 1 aliphatic rings. The van der Waals surface area contributed by atoms with E-state index in [1.165, 1.54) is 0 Å². The molecule has 1 rings (SSSR count). The third kappa shape index (κ3) is 3.76. The summed E-state index contributed by atoms with van der Waals surface area (Å²) in [6, 6.07) is 0. The maximum Gasteiger partial charge on any atom is 0.149 e. The highest BCUT2D eigenvalue weighted by Crippen LogP contribution is 2.34. The van der Waals surface area contributed by atoms with Crippen LogP contribution in [0, 0.1) is 11.3 Å². The number of carbonyl (C=O) groups excluding carboxylic acids is 2. The van der Waals surface area contributed by atoms with E-state index in [2.05, 4.69) is 4.99 Å². The molecular formula is C14H23NO2. The van der Waals surface area contributed by atoms with Gasteiger partial charge in [0.1, 0.15) is 17.5 Å². The number of rotatable bonds is 1. The van der Waals surface area contributed by atoms with Gasteiger partial charge in [-0.2, -0.15) is 0 Å². The van der Waals surface area contributed by atoms with Gasteiger partial charge in [-0.25, -0.2) is 0 Å². The van der Waals surface area contributed by atoms with Crippen molar-refractivity contribution in [2.75, 3.05) is 0 Å². The van der Waals surface area contributed by atoms with Crippen LogP contribution in [0.1, 0.15) is 54.4 Å². The van der Waals surface area contributed by atoms with E-state index >= 15 is 0 Å². The van der Waals surface area contributed by atoms with Crippen LogP contribution < -0.4 is 0 Å². The zero-order valence-electron chi connectivity index (χ0n) is 11.8. The second-order valence-corrected chi connectivity index (χ2v) is 6.81. The van der Waals surface area contributed by atoms with Gasteiger partial charge in [-0.3, -0.25) is 14.6 Å². The van der Waals surface area contributed by atoms with E-state index in [4.69, 9.17) is 0 Å². The largest absolute Gasteiger partial charge is 0.298 e. The minimum atomic E-state index is -0.595. The Morgan fingerprint density at radius 3 is 1.94 bits per heavy atom. The molecule has 0 aromatic rings. The molecule has 3 nitrogen and oxygen atoms in total. The van der Waals surface area contributed by atoms with Gasteiger partial charge in [0.25, 0.3) is 0 Å². The molecule has 1 fully saturated rings. The van der Waals surface area contributed by atoms with Crippen LogP contribution >= 0.6 is 0 Å². The number of carbonyl (C=O) groups is 2. The molecule has 0 unspecified atom stereocenters. The predicted molar refractivity (Wildman–Crippen MR) is 69.4 cm³/mol. The van der Waals surface area contributed by atoms with Crippen molar-refractivity contribution in [1.29, 1.82) is 0 Å². The van der Waals surface area contributed by atoms with Crippen LogP contribution in [0.2, 0.25) is 0 Å². The van der Waals surface area contributed by atoms with Crippen LogP contribution in [0.25, 0.3) is 0 Å². The van der Waals surface area contributed by atoms with Crippen molar-refractivity contribution in [1.82, 2.24) is 0 Å². The van der Waals surface area contributed by atoms with Crippen molar-refractivity contribution < 1.29 is 9.59 Å². The fourth-order valence-corrected chi connectivity index (χ4v) is 2.45. The number of aliphatic imine (C=N–C) groups is 1. The zero-order valence-corrected chi connectivity index (χ0v) is 11.8. The van der Waals surface area contributed by atoms with Gasteiger partial charge >= 0.3 is 0 Å². The molecule has 3 heteroatoms. The average Bonchev–Trinajstić information content (AvgIpc) is 1.94. The van der Waals surface area contributed by atoms with Crippen molar-refractivity contribution in [2.45, 2.75) is 59.9 Å². The SMILES string of the molecule is CC(=NC(C)(C)C)C1C(=O)CC(C)(C)CC1=O. The van der Waals surface area contributed by atoms with E-state index in [1.807, 2.05) is 34.6 Å². The van der Waals surface area contributed by atoms with Gasteiger partial charge in [-0.15, -0.1) is 0 Å². The molecule has 1 saturated carbocycles. The fraction of sp³-hybridized carbons (Fsp3) is 0.786. The standard InChI is InChI=1S/C14H23NO2/c1-9(15-13(2,3)4)12-10(16)7-14(5,6)8-11(12)17/h12H,7-8H2,1-6H3. The Labute approximate surface area is 104 Å². The zero-order chi connectivity index (χ0) is 13.4. The van der Waals surface area contributed by atoms with E-state index in [-0.39, 0.29) is 22.5 Å². The highest BCUT2D eigenvalue weighted by molar-refractivity contribution is 6.21. The summed E-state index contributed by atoms with van der Waals surface area (Å²) in [5, 5.41) is 0. The quantitative estimate of drug-likeness (QED) is 0.520. The van der Waals surface area contributed by atoms with E-state index < -0.39 is 5.92 Å². The Balaban J connectivity index is 2.97. The molecule has 96 valence electrons. The van der Waals surface area contributed by atoms with Crippen molar-refractivity contribution >= 4 is 17.3 Å². The average molecular weight is 237 g/mol. The summed E-state index contributed by atoms with van der Waals surface area (Å²) >= 11 is 0. The first-order valence-corrected chi connectivity index (χ1v) is 6.14. The molecule has 1 aliphatic carbocycles. The maximum atomic E-state index is 12.0. The fourth-order valence-electron chi connectivity index (χ4n) is 2.45. The Kier molecular flexibility index (Phi) is 3.60. The summed E-state index contributed by atoms with van der Waals surface area (Å²) in [5.41, 5.74) is 0.243. The highest BCUT2D eigenvalue weighted by Gasteiger charge is 2.41. The topological polar surface area (TPSA) is 46.5 Å². The summed E-state index contributed by atoms with van der Waals surface area (Å²) in [5.74, 6) is -0.546. The van der Waals surface area contributed by atoms with Gasteiger partial charge in [0.2, 0.25) is 0 Å². The Hall–Kier alpha value is -0.990. The van der Waals surface area contributed by atoms with Crippen LogP contribution in [-0.2, 0) is 9.59 Å². The second kappa shape index (κ2) is 4.35. The lowest BCUT2D eigenvalue weighted by Gasteiger charge is -2.32. The molecule has 0 amide bonds. The van der Waals surface area contributed by atoms with Gasteiger partial charge in [0, 0.05) is 18.6 Å². The summed E-state index contributed by atoms with van der Waals surface area (Å²) in [4.78, 5) is 28.5. The van der Waals surface area contributed by atoms with E-state index in [1.54, 1.807) is 6.92 Å². The smallest absolute Gasteiger partial charge is 0.149 e. The summed E-state index contributed by atoms with van der Waals surface area (Å²) in [6.07, 6.45) is 0.945. The Morgan fingerprint density at radius 2 is 1.59 bits per heavy atom. The summed E-state index contributed by atoms with van der Waals surface area (Å²) in [7, 11) is 0. The van der Waals surface area contributed by atoms with Gasteiger partial charge in [-0.1, -0.05) is 13.8 Å². The lowest BCUT2D eigenvalue weighted by molar-refractivity contribution is -0.136. The third-order valence-electron chi connectivity index (χ3n) is 2.88. The van der Waals surface area contributed by atoms with Gasteiger partial charge < -0.3 is 0 Å². The molecule has 0 bridgehead atoms. The summed E-state index contributed by atoms with van der Waals surface area (Å²) in [6.45, 7) is 11.6. The number of ketones is 2. The molecule has 0 N–H and O–H groups in total. The minimum absolute atomic E-state index is 0.0248. The van der Waals surface area contributed by atoms with E-state index in [9.17, 15) is 9.59 Å². The number of hydrogen-bond donors (Lipinski definition) is 0. The molecule has 0 aromatic carbocycles. The Bertz CT molecular complexity index is 352. The number of Topliss-reactive ketones (excluding diaryl/α,β-unsaturated/α-hetero) is 2. The minimum Gasteiger partial charge on any atom is -0.298 e. The molecule has 0 aliphatic heterocycles. The van der Waals surface area contributed by atoms with Crippen molar-refractivity contribution in [3.05, 3.63) is 0 Å². The lowest BCUT2D eigenvalue weighted by atomic mass is 9.70. The monoisotopic (exact) mass is 237 g/mol. The van der Waals surface area contributed by atoms with Crippen LogP contribution in [-0.4, -0.2) is 22.8 Å². The normalized spacial score (nSPS) is 23.1. The molecule has 0 aromatic heterocycles. The molecule has 0 heterocycles. The first-order valence-electron chi connectivity index (χ1n) is 6.14. The Morgan fingerprint density at radius 1 is 1.18 bits per heavy atom. The van der Waals surface area contributed by atoms with Crippen LogP contribution in [0.4, 0.5) is 0 Å². The number of nitrogens with zero attached hydrogens (tertiary/aromatic N) is 1. The first kappa shape index (κ1) is 14.1. The first-order chi connectivity index (χ1) is 7.52. The molecule has 17 heavy (non-hydrogen) atoms. The van der Waals surface area contributed by atoms with Crippen LogP contribution in [0.3, 0.4) is 0 Å². The van der Waals surface area contributed by atoms with Crippen molar-refractivity contribution in [2.24, 2.45) is 16.3 Å². The van der Waals surface area contributed by atoms with Crippen LogP contribution in [0.5, 0.6) is 0 Å². The maximum absolute atomic E-state index is 12.0. The van der Waals surface area contributed by atoms with E-state index in [0.29, 0.717) is 18.6 Å². The predicted octanol–water partition coefficient (Wildman–Crippen LogP) is 2.82. The molecule has 0 saturated heterocycles. The summed E-state index contributed by atoms with van der Waals surface area (Å²) < 4.78 is 0. The second-order valence-electron chi connectivity index (χ2n) is 6.81. The molecule has 0 spiro atoms. The van der Waals surface area contributed by atoms with Gasteiger partial charge in [0.05, 0.1) is 5.54 Å². The van der Waals surface area contributed by atoms with Gasteiger partial charge in [-0.05, 0) is 33.1 Å². The highest BCUT2D eigenvalue weighted by atomic mass is 16.2. The van der Waals surface area contributed by atoms with Crippen LogP contribution in [0.15, 0.2) is 4.99 Å². The van der Waals surface area contributed by atoms with Crippen molar-refractivity contribution in [3.63, 3.8) is 0 Å². The third-order valence-corrected chi connectivity index (χ3v) is 2.88. The molecular weight excluding hydrogens is 214 g/mol. The van der Waals surface area contributed by atoms with E-state index in [0.717, 1.165) is 0 Å². The molecule has 0 atom stereocenters. The molecule has 0 radical (unpaired) electrons. The number of hydrogen-bond acceptors (Lipinski definition) is 3.